The third kappa shape index (κ3) is 1.42. The highest BCUT2D eigenvalue weighted by molar-refractivity contribution is 5.14. The average molecular weight is 236 g/mol. The Kier molecular flexibility index (Phi) is 2.26. The number of nitrogens with zero attached hydrogens (tertiary/aromatic N) is 2. The van der Waals surface area contributed by atoms with Gasteiger partial charge in [-0.3, -0.25) is 9.36 Å². The molecule has 5 heteroatoms. The molecule has 2 aliphatic rings. The molecular formula is C12H16N2O3. The van der Waals surface area contributed by atoms with Gasteiger partial charge in [-0.2, -0.15) is 4.98 Å². The Labute approximate surface area is 99.4 Å². The summed E-state index contributed by atoms with van der Waals surface area (Å²) in [5.41, 5.74) is 0.394. The Morgan fingerprint density at radius 3 is 3.00 bits per heavy atom. The van der Waals surface area contributed by atoms with E-state index in [1.54, 1.807) is 13.1 Å². The minimum Gasteiger partial charge on any atom is -0.456 e. The highest BCUT2D eigenvalue weighted by atomic mass is 16.6. The van der Waals surface area contributed by atoms with Gasteiger partial charge in [0.1, 0.15) is 0 Å². The van der Waals surface area contributed by atoms with Crippen molar-refractivity contribution in [2.24, 2.45) is 5.92 Å². The largest absolute Gasteiger partial charge is 0.456 e. The fourth-order valence-corrected chi connectivity index (χ4v) is 2.65. The van der Waals surface area contributed by atoms with Crippen LogP contribution in [0.5, 0.6) is 6.01 Å². The summed E-state index contributed by atoms with van der Waals surface area (Å²) in [5, 5.41) is 0. The van der Waals surface area contributed by atoms with Gasteiger partial charge in [0, 0.05) is 17.7 Å². The molecule has 0 spiro atoms. The molecule has 3 rings (SSSR count). The Bertz CT molecular complexity index is 511. The Balaban J connectivity index is 2.02. The van der Waals surface area contributed by atoms with Gasteiger partial charge < -0.3 is 9.47 Å². The van der Waals surface area contributed by atoms with Gasteiger partial charge in [0.25, 0.3) is 5.56 Å². The standard InChI is InChI=1S/C12H16N2O3/c1-4-8-7(3)9-11(16-8)14-5-6(2)10(15)13-12(14)17-9/h5,7-9,11H,4H2,1-3H3/t7-,8+,9?,11+/m0/s1. The van der Waals surface area contributed by atoms with Crippen LogP contribution in [0, 0.1) is 12.8 Å². The molecule has 0 aliphatic carbocycles. The van der Waals surface area contributed by atoms with Crippen molar-refractivity contribution in [2.45, 2.75) is 45.6 Å². The Morgan fingerprint density at radius 1 is 1.53 bits per heavy atom. The third-order valence-corrected chi connectivity index (χ3v) is 3.71. The fraction of sp³-hybridized carbons (Fsp3) is 0.667. The van der Waals surface area contributed by atoms with Gasteiger partial charge in [0.2, 0.25) is 0 Å². The molecular weight excluding hydrogens is 220 g/mol. The quantitative estimate of drug-likeness (QED) is 0.736. The maximum Gasteiger partial charge on any atom is 0.302 e. The molecule has 0 amide bonds. The van der Waals surface area contributed by atoms with E-state index >= 15 is 0 Å². The lowest BCUT2D eigenvalue weighted by Gasteiger charge is -2.15. The van der Waals surface area contributed by atoms with E-state index in [0.717, 1.165) is 6.42 Å². The van der Waals surface area contributed by atoms with Gasteiger partial charge in [-0.25, -0.2) is 0 Å². The molecule has 1 unspecified atom stereocenters. The first-order valence-electron chi connectivity index (χ1n) is 6.03. The molecule has 92 valence electrons. The summed E-state index contributed by atoms with van der Waals surface area (Å²) >= 11 is 0. The van der Waals surface area contributed by atoms with E-state index in [9.17, 15) is 4.79 Å². The maximum atomic E-state index is 11.5. The molecule has 0 N–H and O–H groups in total. The van der Waals surface area contributed by atoms with Gasteiger partial charge in [-0.1, -0.05) is 13.8 Å². The molecule has 1 saturated heterocycles. The first-order valence-corrected chi connectivity index (χ1v) is 6.03. The highest BCUT2D eigenvalue weighted by Gasteiger charge is 2.48. The second-order valence-corrected chi connectivity index (χ2v) is 4.83. The smallest absolute Gasteiger partial charge is 0.302 e. The number of hydrogen-bond acceptors (Lipinski definition) is 4. The second-order valence-electron chi connectivity index (χ2n) is 4.83. The van der Waals surface area contributed by atoms with Crippen molar-refractivity contribution in [2.75, 3.05) is 0 Å². The number of ether oxygens (including phenoxy) is 2. The number of aromatic nitrogens is 2. The van der Waals surface area contributed by atoms with Gasteiger partial charge in [-0.05, 0) is 13.3 Å². The minimum atomic E-state index is -0.226. The average Bonchev–Trinajstić information content (AvgIpc) is 2.78. The van der Waals surface area contributed by atoms with Crippen LogP contribution in [-0.2, 0) is 4.74 Å². The second kappa shape index (κ2) is 3.57. The number of hydrogen-bond donors (Lipinski definition) is 0. The van der Waals surface area contributed by atoms with E-state index in [2.05, 4.69) is 18.8 Å². The van der Waals surface area contributed by atoms with E-state index in [0.29, 0.717) is 17.5 Å². The molecule has 5 nitrogen and oxygen atoms in total. The van der Waals surface area contributed by atoms with Crippen molar-refractivity contribution < 1.29 is 9.47 Å². The van der Waals surface area contributed by atoms with Gasteiger partial charge in [-0.15, -0.1) is 0 Å². The van der Waals surface area contributed by atoms with E-state index < -0.39 is 0 Å². The first kappa shape index (κ1) is 10.8. The van der Waals surface area contributed by atoms with Crippen molar-refractivity contribution in [3.8, 4) is 6.01 Å². The van der Waals surface area contributed by atoms with Crippen LogP contribution in [0.2, 0.25) is 0 Å². The topological polar surface area (TPSA) is 53.4 Å². The third-order valence-electron chi connectivity index (χ3n) is 3.71. The van der Waals surface area contributed by atoms with Gasteiger partial charge in [0.05, 0.1) is 6.10 Å². The molecule has 1 fully saturated rings. The Morgan fingerprint density at radius 2 is 2.29 bits per heavy atom. The van der Waals surface area contributed by atoms with Gasteiger partial charge in [0.15, 0.2) is 12.3 Å². The minimum absolute atomic E-state index is 0.0198. The zero-order chi connectivity index (χ0) is 12.2. The number of rotatable bonds is 1. The molecule has 3 heterocycles. The summed E-state index contributed by atoms with van der Waals surface area (Å²) in [7, 11) is 0. The molecule has 0 radical (unpaired) electrons. The molecule has 17 heavy (non-hydrogen) atoms. The van der Waals surface area contributed by atoms with E-state index in [-0.39, 0.29) is 24.0 Å². The zero-order valence-electron chi connectivity index (χ0n) is 10.2. The lowest BCUT2D eigenvalue weighted by Crippen LogP contribution is -2.24. The molecule has 1 aromatic heterocycles. The van der Waals surface area contributed by atoms with Crippen LogP contribution >= 0.6 is 0 Å². The zero-order valence-corrected chi connectivity index (χ0v) is 10.2. The van der Waals surface area contributed by atoms with Crippen LogP contribution in [0.4, 0.5) is 0 Å². The van der Waals surface area contributed by atoms with E-state index in [1.807, 2.05) is 4.57 Å². The maximum absolute atomic E-state index is 11.5. The van der Waals surface area contributed by atoms with Crippen LogP contribution in [-0.4, -0.2) is 21.8 Å². The summed E-state index contributed by atoms with van der Waals surface area (Å²) < 4.78 is 13.5. The van der Waals surface area contributed by atoms with E-state index in [1.165, 1.54) is 0 Å². The summed E-state index contributed by atoms with van der Waals surface area (Å²) in [6.07, 6.45) is 2.82. The normalized spacial score (nSPS) is 34.3. The number of fused-ring (bicyclic) bond motifs is 3. The molecule has 0 bridgehead atoms. The fourth-order valence-electron chi connectivity index (χ4n) is 2.65. The summed E-state index contributed by atoms with van der Waals surface area (Å²) in [5.74, 6) is 0.321. The number of aryl methyl sites for hydroxylation is 1. The van der Waals surface area contributed by atoms with Crippen LogP contribution in [0.15, 0.2) is 11.0 Å². The van der Waals surface area contributed by atoms with Crippen molar-refractivity contribution in [3.05, 3.63) is 22.1 Å². The van der Waals surface area contributed by atoms with Crippen molar-refractivity contribution >= 4 is 0 Å². The van der Waals surface area contributed by atoms with E-state index in [4.69, 9.17) is 9.47 Å². The predicted octanol–water partition coefficient (Wildman–Crippen LogP) is 1.26. The molecule has 0 aromatic carbocycles. The predicted molar refractivity (Wildman–Crippen MR) is 61.0 cm³/mol. The lowest BCUT2D eigenvalue weighted by molar-refractivity contribution is -0.00774. The summed E-state index contributed by atoms with van der Waals surface area (Å²) in [6, 6.07) is 0.386. The highest BCUT2D eigenvalue weighted by Crippen LogP contribution is 2.42. The summed E-state index contributed by atoms with van der Waals surface area (Å²) in [6.45, 7) is 5.99. The van der Waals surface area contributed by atoms with Crippen molar-refractivity contribution in [1.29, 1.82) is 0 Å². The molecule has 0 saturated carbocycles. The van der Waals surface area contributed by atoms with Crippen LogP contribution in [0.3, 0.4) is 0 Å². The van der Waals surface area contributed by atoms with Crippen molar-refractivity contribution in [3.63, 3.8) is 0 Å². The van der Waals surface area contributed by atoms with Gasteiger partial charge >= 0.3 is 6.01 Å². The lowest BCUT2D eigenvalue weighted by atomic mass is 9.99. The molecule has 4 atom stereocenters. The molecule has 1 aromatic rings. The van der Waals surface area contributed by atoms with Crippen molar-refractivity contribution in [1.82, 2.24) is 9.55 Å². The monoisotopic (exact) mass is 236 g/mol. The van der Waals surface area contributed by atoms with Crippen LogP contribution < -0.4 is 10.3 Å². The SMILES string of the molecule is CC[C@H]1O[C@@H]2C(Oc3nc(=O)c(C)cn32)[C@H]1C. The first-order chi connectivity index (χ1) is 8.11. The summed E-state index contributed by atoms with van der Waals surface area (Å²) in [4.78, 5) is 15.4. The molecule has 2 aliphatic heterocycles. The van der Waals surface area contributed by atoms with Crippen LogP contribution in [0.1, 0.15) is 32.1 Å². The van der Waals surface area contributed by atoms with Crippen LogP contribution in [0.25, 0.3) is 0 Å². The Hall–Kier alpha value is -1.36.